The van der Waals surface area contributed by atoms with Crippen LogP contribution in [0.5, 0.6) is 0 Å². The van der Waals surface area contributed by atoms with Crippen LogP contribution in [-0.4, -0.2) is 9.97 Å². The molecule has 2 aromatic heterocycles. The molecule has 0 aliphatic heterocycles. The van der Waals surface area contributed by atoms with Crippen molar-refractivity contribution in [2.24, 2.45) is 0 Å². The summed E-state index contributed by atoms with van der Waals surface area (Å²) in [6.45, 7) is 3.54. The Morgan fingerprint density at radius 2 is 2.19 bits per heavy atom. The molecule has 0 aliphatic carbocycles. The molecule has 0 atom stereocenters. The third kappa shape index (κ3) is 3.83. The SMILES string of the molecule is C=CCc1cc[n+]([O-])c(N)n1.c1cc[nH]c1. The molecule has 16 heavy (non-hydrogen) atoms. The van der Waals surface area contributed by atoms with Crippen LogP contribution < -0.4 is 10.5 Å². The number of nitrogens with two attached hydrogens (primary N) is 1. The summed E-state index contributed by atoms with van der Waals surface area (Å²) in [5.74, 6) is -0.0237. The van der Waals surface area contributed by atoms with E-state index in [0.717, 1.165) is 5.69 Å². The van der Waals surface area contributed by atoms with Gasteiger partial charge in [0.1, 0.15) is 5.69 Å². The zero-order valence-corrected chi connectivity index (χ0v) is 8.84. The van der Waals surface area contributed by atoms with Gasteiger partial charge in [-0.05, 0) is 12.1 Å². The first-order chi connectivity index (χ1) is 7.74. The zero-order chi connectivity index (χ0) is 11.8. The number of aromatic amines is 1. The summed E-state index contributed by atoms with van der Waals surface area (Å²) in [6, 6.07) is 5.50. The van der Waals surface area contributed by atoms with Gasteiger partial charge in [-0.15, -0.1) is 6.58 Å². The van der Waals surface area contributed by atoms with E-state index < -0.39 is 0 Å². The lowest BCUT2D eigenvalue weighted by Gasteiger charge is -2.02. The number of hydrogen-bond acceptors (Lipinski definition) is 3. The van der Waals surface area contributed by atoms with Crippen LogP contribution in [0.25, 0.3) is 0 Å². The molecule has 2 rings (SSSR count). The summed E-state index contributed by atoms with van der Waals surface area (Å²) >= 11 is 0. The molecule has 0 radical (unpaired) electrons. The Morgan fingerprint density at radius 1 is 1.50 bits per heavy atom. The normalized spacial score (nSPS) is 9.00. The highest BCUT2D eigenvalue weighted by Gasteiger charge is 2.01. The lowest BCUT2D eigenvalue weighted by atomic mass is 10.3. The molecule has 0 unspecified atom stereocenters. The number of nitrogens with zero attached hydrogens (tertiary/aromatic N) is 2. The average Bonchev–Trinajstić information content (AvgIpc) is 2.82. The number of aromatic nitrogens is 3. The lowest BCUT2D eigenvalue weighted by Crippen LogP contribution is -2.31. The van der Waals surface area contributed by atoms with E-state index in [0.29, 0.717) is 11.2 Å². The number of anilines is 1. The van der Waals surface area contributed by atoms with Gasteiger partial charge in [0.25, 0.3) is 0 Å². The Labute approximate surface area is 93.8 Å². The standard InChI is InChI=1S/C7H9N3O.C4H5N/c1-2-3-6-4-5-10(11)7(8)9-6;1-2-4-5-3-1/h2,4-5H,1,3H2,(H2,8,9);1-5H. The van der Waals surface area contributed by atoms with E-state index in [1.54, 1.807) is 12.1 Å². The van der Waals surface area contributed by atoms with Gasteiger partial charge in [0.2, 0.25) is 0 Å². The van der Waals surface area contributed by atoms with E-state index in [2.05, 4.69) is 16.5 Å². The Hall–Kier alpha value is -2.30. The maximum absolute atomic E-state index is 10.7. The van der Waals surface area contributed by atoms with E-state index >= 15 is 0 Å². The second-order valence-electron chi connectivity index (χ2n) is 2.98. The van der Waals surface area contributed by atoms with Crippen LogP contribution in [0, 0.1) is 5.21 Å². The van der Waals surface area contributed by atoms with Crippen LogP contribution in [0.2, 0.25) is 0 Å². The van der Waals surface area contributed by atoms with Gasteiger partial charge >= 0.3 is 5.95 Å². The monoisotopic (exact) mass is 218 g/mol. The molecule has 3 N–H and O–H groups in total. The lowest BCUT2D eigenvalue weighted by molar-refractivity contribution is -0.592. The Kier molecular flexibility index (Phi) is 4.59. The van der Waals surface area contributed by atoms with Crippen molar-refractivity contribution in [3.05, 3.63) is 60.3 Å². The molecule has 0 aromatic carbocycles. The van der Waals surface area contributed by atoms with E-state index in [4.69, 9.17) is 5.73 Å². The maximum Gasteiger partial charge on any atom is 0.389 e. The molecular weight excluding hydrogens is 204 g/mol. The molecule has 0 bridgehead atoms. The van der Waals surface area contributed by atoms with Crippen molar-refractivity contribution >= 4 is 5.95 Å². The Balaban J connectivity index is 0.000000212. The Bertz CT molecular complexity index is 408. The number of nitrogens with one attached hydrogen (secondary N) is 1. The quantitative estimate of drug-likeness (QED) is 0.449. The number of rotatable bonds is 2. The molecule has 5 heteroatoms. The van der Waals surface area contributed by atoms with Crippen LogP contribution >= 0.6 is 0 Å². The third-order valence-electron chi connectivity index (χ3n) is 1.74. The fourth-order valence-corrected chi connectivity index (χ4v) is 1.00. The molecule has 0 aliphatic rings. The van der Waals surface area contributed by atoms with Crippen molar-refractivity contribution in [1.82, 2.24) is 9.97 Å². The summed E-state index contributed by atoms with van der Waals surface area (Å²) in [5.41, 5.74) is 6.01. The van der Waals surface area contributed by atoms with Crippen molar-refractivity contribution in [2.75, 3.05) is 5.73 Å². The van der Waals surface area contributed by atoms with Gasteiger partial charge in [-0.25, -0.2) is 4.73 Å². The van der Waals surface area contributed by atoms with Crippen LogP contribution in [0.3, 0.4) is 0 Å². The molecule has 2 aromatic rings. The predicted octanol–water partition coefficient (Wildman–Crippen LogP) is 1.04. The largest absolute Gasteiger partial charge is 0.740 e. The summed E-state index contributed by atoms with van der Waals surface area (Å²) < 4.78 is 0.520. The number of H-pyrrole nitrogens is 1. The van der Waals surface area contributed by atoms with Crippen LogP contribution in [0.15, 0.2) is 49.4 Å². The second kappa shape index (κ2) is 6.23. The smallest absolute Gasteiger partial charge is 0.389 e. The Morgan fingerprint density at radius 3 is 2.62 bits per heavy atom. The van der Waals surface area contributed by atoms with E-state index in [1.807, 2.05) is 24.5 Å². The van der Waals surface area contributed by atoms with E-state index in [9.17, 15) is 5.21 Å². The molecule has 0 saturated heterocycles. The molecule has 0 amide bonds. The molecule has 2 heterocycles. The molecule has 5 nitrogen and oxygen atoms in total. The molecule has 0 fully saturated rings. The van der Waals surface area contributed by atoms with Crippen LogP contribution in [0.1, 0.15) is 5.69 Å². The number of nitrogen functional groups attached to an aromatic ring is 1. The minimum atomic E-state index is -0.0237. The molecular formula is C11H14N4O. The van der Waals surface area contributed by atoms with Gasteiger partial charge in [0.15, 0.2) is 0 Å². The first kappa shape index (κ1) is 11.8. The summed E-state index contributed by atoms with van der Waals surface area (Å²) in [5, 5.41) is 10.7. The molecule has 0 saturated carbocycles. The summed E-state index contributed by atoms with van der Waals surface area (Å²) in [7, 11) is 0. The fraction of sp³-hybridized carbons (Fsp3) is 0.0909. The minimum Gasteiger partial charge on any atom is -0.740 e. The molecule has 0 spiro atoms. The van der Waals surface area contributed by atoms with Gasteiger partial charge in [0.05, 0.1) is 6.20 Å². The van der Waals surface area contributed by atoms with Crippen molar-refractivity contribution < 1.29 is 4.73 Å². The van der Waals surface area contributed by atoms with E-state index in [-0.39, 0.29) is 5.95 Å². The van der Waals surface area contributed by atoms with Crippen LogP contribution in [-0.2, 0) is 6.42 Å². The van der Waals surface area contributed by atoms with Crippen molar-refractivity contribution in [2.45, 2.75) is 6.42 Å². The molecule has 84 valence electrons. The topological polar surface area (TPSA) is 81.6 Å². The van der Waals surface area contributed by atoms with Crippen molar-refractivity contribution in [3.63, 3.8) is 0 Å². The van der Waals surface area contributed by atoms with Gasteiger partial charge in [-0.1, -0.05) is 11.1 Å². The van der Waals surface area contributed by atoms with Gasteiger partial charge < -0.3 is 10.2 Å². The maximum atomic E-state index is 10.7. The summed E-state index contributed by atoms with van der Waals surface area (Å²) in [4.78, 5) is 6.68. The van der Waals surface area contributed by atoms with E-state index in [1.165, 1.54) is 6.20 Å². The van der Waals surface area contributed by atoms with Crippen molar-refractivity contribution in [1.29, 1.82) is 0 Å². The minimum absolute atomic E-state index is 0.0237. The predicted molar refractivity (Wildman–Crippen MR) is 62.3 cm³/mol. The van der Waals surface area contributed by atoms with Gasteiger partial charge in [-0.2, -0.15) is 0 Å². The van der Waals surface area contributed by atoms with Crippen molar-refractivity contribution in [3.8, 4) is 0 Å². The second-order valence-corrected chi connectivity index (χ2v) is 2.98. The van der Waals surface area contributed by atoms with Gasteiger partial charge in [-0.3, -0.25) is 5.73 Å². The highest BCUT2D eigenvalue weighted by molar-refractivity contribution is 5.12. The number of allylic oxidation sites excluding steroid dienone is 1. The highest BCUT2D eigenvalue weighted by atomic mass is 16.5. The zero-order valence-electron chi connectivity index (χ0n) is 8.84. The third-order valence-corrected chi connectivity index (χ3v) is 1.74. The average molecular weight is 218 g/mol. The van der Waals surface area contributed by atoms with Gasteiger partial charge in [0, 0.05) is 24.9 Å². The first-order valence-corrected chi connectivity index (χ1v) is 4.77. The fourth-order valence-electron chi connectivity index (χ4n) is 1.00. The van der Waals surface area contributed by atoms with Crippen LogP contribution in [0.4, 0.5) is 5.95 Å². The first-order valence-electron chi connectivity index (χ1n) is 4.77. The summed E-state index contributed by atoms with van der Waals surface area (Å²) in [6.07, 6.45) is 7.42. The highest BCUT2D eigenvalue weighted by Crippen LogP contribution is 1.95. The number of hydrogen-bond donors (Lipinski definition) is 2.